The van der Waals surface area contributed by atoms with Crippen molar-refractivity contribution < 1.29 is 13.2 Å². The first-order valence-corrected chi connectivity index (χ1v) is 6.57. The van der Waals surface area contributed by atoms with E-state index in [1.54, 1.807) is 12.1 Å². The third-order valence-corrected chi connectivity index (χ3v) is 3.64. The standard InChI is InChI=1S/C10H13NO3S/c1-14-10-7-5-6-11-8(7)3-4-9(10)15(2,12)13/h3-4,11H,5-6H2,1-2H3. The van der Waals surface area contributed by atoms with E-state index in [0.717, 1.165) is 24.2 Å². The number of fused-ring (bicyclic) bond motifs is 1. The molecule has 0 aliphatic carbocycles. The molecule has 4 nitrogen and oxygen atoms in total. The molecule has 0 radical (unpaired) electrons. The van der Waals surface area contributed by atoms with Crippen LogP contribution in [0.4, 0.5) is 5.69 Å². The molecule has 0 aromatic heterocycles. The maximum Gasteiger partial charge on any atom is 0.179 e. The lowest BCUT2D eigenvalue weighted by Crippen LogP contribution is -2.02. The lowest BCUT2D eigenvalue weighted by molar-refractivity contribution is 0.399. The van der Waals surface area contributed by atoms with Crippen molar-refractivity contribution in [2.45, 2.75) is 11.3 Å². The van der Waals surface area contributed by atoms with Crippen LogP contribution in [0.3, 0.4) is 0 Å². The van der Waals surface area contributed by atoms with Crippen LogP contribution in [0.15, 0.2) is 17.0 Å². The maximum atomic E-state index is 11.5. The predicted octanol–water partition coefficient (Wildman–Crippen LogP) is 1.07. The van der Waals surface area contributed by atoms with Crippen LogP contribution in [0.5, 0.6) is 5.75 Å². The third kappa shape index (κ3) is 1.67. The monoisotopic (exact) mass is 227 g/mol. The van der Waals surface area contributed by atoms with Crippen LogP contribution in [0.1, 0.15) is 5.56 Å². The summed E-state index contributed by atoms with van der Waals surface area (Å²) < 4.78 is 28.2. The van der Waals surface area contributed by atoms with Gasteiger partial charge in [0.05, 0.1) is 7.11 Å². The molecule has 0 amide bonds. The summed E-state index contributed by atoms with van der Waals surface area (Å²) in [5.41, 5.74) is 1.93. The first-order valence-electron chi connectivity index (χ1n) is 4.68. The Balaban J connectivity index is 2.69. The zero-order valence-electron chi connectivity index (χ0n) is 8.70. The number of hydrogen-bond donors (Lipinski definition) is 1. The van der Waals surface area contributed by atoms with Gasteiger partial charge in [0.25, 0.3) is 0 Å². The van der Waals surface area contributed by atoms with E-state index in [2.05, 4.69) is 5.32 Å². The smallest absolute Gasteiger partial charge is 0.179 e. The summed E-state index contributed by atoms with van der Waals surface area (Å²) in [6.07, 6.45) is 2.00. The van der Waals surface area contributed by atoms with E-state index in [0.29, 0.717) is 5.75 Å². The van der Waals surface area contributed by atoms with Gasteiger partial charge in [-0.15, -0.1) is 0 Å². The summed E-state index contributed by atoms with van der Waals surface area (Å²) in [5, 5.41) is 3.18. The van der Waals surface area contributed by atoms with Gasteiger partial charge >= 0.3 is 0 Å². The highest BCUT2D eigenvalue weighted by atomic mass is 32.2. The van der Waals surface area contributed by atoms with Crippen molar-refractivity contribution in [3.63, 3.8) is 0 Å². The second-order valence-corrected chi connectivity index (χ2v) is 5.56. The summed E-state index contributed by atoms with van der Waals surface area (Å²) in [5.74, 6) is 0.486. The fourth-order valence-corrected chi connectivity index (χ4v) is 2.72. The number of nitrogens with one attached hydrogen (secondary N) is 1. The molecular formula is C10H13NO3S. The molecule has 0 atom stereocenters. The molecule has 82 valence electrons. The van der Waals surface area contributed by atoms with Gasteiger partial charge in [-0.3, -0.25) is 0 Å². The third-order valence-electron chi connectivity index (χ3n) is 2.52. The average Bonchev–Trinajstić information content (AvgIpc) is 2.61. The van der Waals surface area contributed by atoms with Crippen LogP contribution in [-0.2, 0) is 16.3 Å². The number of hydrogen-bond acceptors (Lipinski definition) is 4. The maximum absolute atomic E-state index is 11.5. The van der Waals surface area contributed by atoms with E-state index < -0.39 is 9.84 Å². The Morgan fingerprint density at radius 2 is 2.13 bits per heavy atom. The van der Waals surface area contributed by atoms with Gasteiger partial charge in [-0.05, 0) is 18.6 Å². The van der Waals surface area contributed by atoms with Crippen molar-refractivity contribution >= 4 is 15.5 Å². The topological polar surface area (TPSA) is 55.4 Å². The molecule has 0 saturated carbocycles. The number of benzene rings is 1. The van der Waals surface area contributed by atoms with Gasteiger partial charge in [0.15, 0.2) is 9.84 Å². The number of ether oxygens (including phenoxy) is 1. The number of rotatable bonds is 2. The molecule has 0 fully saturated rings. The van der Waals surface area contributed by atoms with Crippen LogP contribution in [0.2, 0.25) is 0 Å². The van der Waals surface area contributed by atoms with Crippen molar-refractivity contribution in [2.24, 2.45) is 0 Å². The number of sulfone groups is 1. The zero-order chi connectivity index (χ0) is 11.1. The lowest BCUT2D eigenvalue weighted by Gasteiger charge is -2.11. The number of methoxy groups -OCH3 is 1. The fourth-order valence-electron chi connectivity index (χ4n) is 1.86. The Morgan fingerprint density at radius 3 is 2.73 bits per heavy atom. The molecule has 0 spiro atoms. The largest absolute Gasteiger partial charge is 0.495 e. The van der Waals surface area contributed by atoms with E-state index in [-0.39, 0.29) is 4.90 Å². The Kier molecular flexibility index (Phi) is 2.34. The van der Waals surface area contributed by atoms with Gasteiger partial charge in [-0.1, -0.05) is 0 Å². The van der Waals surface area contributed by atoms with Gasteiger partial charge < -0.3 is 10.1 Å². The lowest BCUT2D eigenvalue weighted by atomic mass is 10.1. The van der Waals surface area contributed by atoms with Crippen LogP contribution < -0.4 is 10.1 Å². The van der Waals surface area contributed by atoms with E-state index in [9.17, 15) is 8.42 Å². The van der Waals surface area contributed by atoms with Crippen molar-refractivity contribution in [1.82, 2.24) is 0 Å². The zero-order valence-corrected chi connectivity index (χ0v) is 9.52. The molecule has 1 aliphatic heterocycles. The van der Waals surface area contributed by atoms with Crippen molar-refractivity contribution in [3.05, 3.63) is 17.7 Å². The molecule has 1 aliphatic rings. The Morgan fingerprint density at radius 1 is 1.40 bits per heavy atom. The molecule has 15 heavy (non-hydrogen) atoms. The highest BCUT2D eigenvalue weighted by Crippen LogP contribution is 2.36. The SMILES string of the molecule is COc1c(S(C)(=O)=O)ccc2c1CCN2. The minimum absolute atomic E-state index is 0.271. The molecule has 1 aromatic carbocycles. The molecule has 2 rings (SSSR count). The molecule has 1 heterocycles. The predicted molar refractivity (Wildman–Crippen MR) is 58.3 cm³/mol. The summed E-state index contributed by atoms with van der Waals surface area (Å²) >= 11 is 0. The molecule has 0 unspecified atom stereocenters. The summed E-state index contributed by atoms with van der Waals surface area (Å²) in [6.45, 7) is 0.832. The summed E-state index contributed by atoms with van der Waals surface area (Å²) in [6, 6.07) is 3.38. The van der Waals surface area contributed by atoms with E-state index in [4.69, 9.17) is 4.74 Å². The fraction of sp³-hybridized carbons (Fsp3) is 0.400. The quantitative estimate of drug-likeness (QED) is 0.821. The van der Waals surface area contributed by atoms with Crippen LogP contribution >= 0.6 is 0 Å². The number of anilines is 1. The van der Waals surface area contributed by atoms with Gasteiger partial charge in [-0.25, -0.2) is 8.42 Å². The highest BCUT2D eigenvalue weighted by molar-refractivity contribution is 7.90. The molecule has 0 bridgehead atoms. The molecule has 5 heteroatoms. The van der Waals surface area contributed by atoms with Gasteiger partial charge in [0, 0.05) is 24.1 Å². The first kappa shape index (κ1) is 10.3. The minimum atomic E-state index is -3.22. The van der Waals surface area contributed by atoms with Crippen molar-refractivity contribution in [1.29, 1.82) is 0 Å². The normalized spacial score (nSPS) is 14.5. The summed E-state index contributed by atoms with van der Waals surface area (Å²) in [7, 11) is -1.72. The first-order chi connectivity index (χ1) is 7.04. The van der Waals surface area contributed by atoms with Crippen LogP contribution in [-0.4, -0.2) is 28.3 Å². The second-order valence-electron chi connectivity index (χ2n) is 3.57. The minimum Gasteiger partial charge on any atom is -0.495 e. The summed E-state index contributed by atoms with van der Waals surface area (Å²) in [4.78, 5) is 0.271. The van der Waals surface area contributed by atoms with Gasteiger partial charge in [0.1, 0.15) is 10.6 Å². The average molecular weight is 227 g/mol. The molecule has 1 N–H and O–H groups in total. The van der Waals surface area contributed by atoms with Crippen LogP contribution in [0.25, 0.3) is 0 Å². The van der Waals surface area contributed by atoms with Gasteiger partial charge in [-0.2, -0.15) is 0 Å². The molecule has 0 saturated heterocycles. The second kappa shape index (κ2) is 3.41. The Labute approximate surface area is 89.2 Å². The Hall–Kier alpha value is -1.23. The molecular weight excluding hydrogens is 214 g/mol. The van der Waals surface area contributed by atoms with E-state index in [1.807, 2.05) is 0 Å². The highest BCUT2D eigenvalue weighted by Gasteiger charge is 2.22. The van der Waals surface area contributed by atoms with Crippen molar-refractivity contribution in [2.75, 3.05) is 25.2 Å². The molecule has 1 aromatic rings. The van der Waals surface area contributed by atoms with E-state index in [1.165, 1.54) is 13.4 Å². The van der Waals surface area contributed by atoms with Crippen molar-refractivity contribution in [3.8, 4) is 5.75 Å². The van der Waals surface area contributed by atoms with E-state index >= 15 is 0 Å². The van der Waals surface area contributed by atoms with Gasteiger partial charge in [0.2, 0.25) is 0 Å². The Bertz CT molecular complexity index is 494. The van der Waals surface area contributed by atoms with Crippen LogP contribution in [0, 0.1) is 0 Å².